The zero-order chi connectivity index (χ0) is 23.6. The summed E-state index contributed by atoms with van der Waals surface area (Å²) in [7, 11) is 0. The smallest absolute Gasteiger partial charge is 0.358 e. The summed E-state index contributed by atoms with van der Waals surface area (Å²) in [4.78, 5) is 41.0. The van der Waals surface area contributed by atoms with Gasteiger partial charge < -0.3 is 15.0 Å². The maximum atomic E-state index is 13.6. The normalized spacial score (nSPS) is 20.9. The molecular weight excluding hydrogens is 444 g/mol. The Hall–Kier alpha value is -2.87. The first-order valence-corrected chi connectivity index (χ1v) is 11.8. The van der Waals surface area contributed by atoms with Gasteiger partial charge in [0.05, 0.1) is 13.2 Å². The molecule has 33 heavy (non-hydrogen) atoms. The summed E-state index contributed by atoms with van der Waals surface area (Å²) in [6, 6.07) is 8.78. The van der Waals surface area contributed by atoms with Crippen molar-refractivity contribution in [1.29, 1.82) is 0 Å². The molecule has 8 nitrogen and oxygen atoms in total. The molecule has 0 unspecified atom stereocenters. The first-order valence-electron chi connectivity index (χ1n) is 11.4. The molecule has 1 aliphatic carbocycles. The number of rotatable bonds is 6. The molecule has 1 saturated carbocycles. The Morgan fingerprint density at radius 1 is 1.24 bits per heavy atom. The molecule has 4 rings (SSSR count). The number of amides is 2. The molecule has 0 radical (unpaired) electrons. The van der Waals surface area contributed by atoms with Crippen LogP contribution in [0, 0.1) is 0 Å². The molecular formula is C24H29ClN4O4. The second kappa shape index (κ2) is 9.55. The number of aromatic nitrogens is 2. The Morgan fingerprint density at radius 2 is 1.97 bits per heavy atom. The second-order valence-electron chi connectivity index (χ2n) is 8.86. The Balaban J connectivity index is 1.70. The lowest BCUT2D eigenvalue weighted by Crippen LogP contribution is -2.64. The minimum Gasteiger partial charge on any atom is -0.461 e. The molecule has 2 heterocycles. The largest absolute Gasteiger partial charge is 0.461 e. The van der Waals surface area contributed by atoms with Crippen molar-refractivity contribution < 1.29 is 19.1 Å². The number of esters is 1. The van der Waals surface area contributed by atoms with Crippen LogP contribution in [0.25, 0.3) is 0 Å². The highest BCUT2D eigenvalue weighted by Gasteiger charge is 2.48. The van der Waals surface area contributed by atoms with Crippen LogP contribution in [0.15, 0.2) is 30.3 Å². The topological polar surface area (TPSA) is 93.5 Å². The lowest BCUT2D eigenvalue weighted by atomic mass is 9.91. The number of carbonyl (C=O) groups excluding carboxylic acids is 3. The van der Waals surface area contributed by atoms with Crippen molar-refractivity contribution >= 4 is 29.4 Å². The molecule has 1 aromatic heterocycles. The van der Waals surface area contributed by atoms with Gasteiger partial charge in [-0.3, -0.25) is 14.3 Å². The third-order valence-corrected chi connectivity index (χ3v) is 6.87. The van der Waals surface area contributed by atoms with Gasteiger partial charge in [-0.15, -0.1) is 0 Å². The first kappa shape index (κ1) is 23.3. The third kappa shape index (κ3) is 4.62. The van der Waals surface area contributed by atoms with Crippen LogP contribution in [0.4, 0.5) is 0 Å². The van der Waals surface area contributed by atoms with Crippen LogP contribution >= 0.6 is 11.6 Å². The van der Waals surface area contributed by atoms with Gasteiger partial charge in [0.2, 0.25) is 5.91 Å². The minimum atomic E-state index is -1.21. The number of nitrogens with one attached hydrogen (secondary N) is 1. The van der Waals surface area contributed by atoms with Crippen LogP contribution in [-0.4, -0.2) is 50.7 Å². The number of benzene rings is 1. The molecule has 176 valence electrons. The lowest BCUT2D eigenvalue weighted by molar-refractivity contribution is -0.134. The van der Waals surface area contributed by atoms with E-state index in [-0.39, 0.29) is 48.9 Å². The highest BCUT2D eigenvalue weighted by atomic mass is 35.5. The van der Waals surface area contributed by atoms with Crippen molar-refractivity contribution in [3.8, 4) is 0 Å². The van der Waals surface area contributed by atoms with E-state index in [0.717, 1.165) is 31.2 Å². The third-order valence-electron chi connectivity index (χ3n) is 6.50. The van der Waals surface area contributed by atoms with Gasteiger partial charge in [0.25, 0.3) is 5.91 Å². The Bertz CT molecular complexity index is 1060. The van der Waals surface area contributed by atoms with Crippen molar-refractivity contribution in [2.45, 2.75) is 70.6 Å². The fourth-order valence-electron chi connectivity index (χ4n) is 4.58. The van der Waals surface area contributed by atoms with E-state index >= 15 is 0 Å². The molecule has 0 spiro atoms. The molecule has 1 aliphatic heterocycles. The van der Waals surface area contributed by atoms with Gasteiger partial charge in [0, 0.05) is 23.7 Å². The van der Waals surface area contributed by atoms with Crippen molar-refractivity contribution in [1.82, 2.24) is 20.0 Å². The molecule has 0 saturated heterocycles. The summed E-state index contributed by atoms with van der Waals surface area (Å²) < 4.78 is 6.49. The zero-order valence-corrected chi connectivity index (χ0v) is 19.7. The molecule has 9 heteroatoms. The number of hydrogen-bond acceptors (Lipinski definition) is 5. The summed E-state index contributed by atoms with van der Waals surface area (Å²) in [5, 5.41) is 7.97. The van der Waals surface area contributed by atoms with E-state index in [4.69, 9.17) is 16.3 Å². The van der Waals surface area contributed by atoms with Crippen LogP contribution in [0.2, 0.25) is 5.02 Å². The van der Waals surface area contributed by atoms with Crippen LogP contribution < -0.4 is 5.32 Å². The van der Waals surface area contributed by atoms with Crippen LogP contribution in [0.5, 0.6) is 0 Å². The van der Waals surface area contributed by atoms with E-state index < -0.39 is 11.5 Å². The van der Waals surface area contributed by atoms with Crippen molar-refractivity contribution in [2.24, 2.45) is 0 Å². The highest BCUT2D eigenvalue weighted by Crippen LogP contribution is 2.31. The SMILES string of the molecule is CCOC(=O)c1cc2n(n1)C[C@](C)(C(=O)NC1CCCCC1)N(Cc1ccccc1Cl)C2=O. The van der Waals surface area contributed by atoms with Crippen LogP contribution in [0.1, 0.15) is 72.5 Å². The lowest BCUT2D eigenvalue weighted by Gasteiger charge is -2.44. The molecule has 2 aromatic rings. The number of halogens is 1. The van der Waals surface area contributed by atoms with E-state index in [1.165, 1.54) is 17.2 Å². The first-order chi connectivity index (χ1) is 15.8. The number of ether oxygens (including phenoxy) is 1. The van der Waals surface area contributed by atoms with Gasteiger partial charge in [-0.25, -0.2) is 4.79 Å². The van der Waals surface area contributed by atoms with Gasteiger partial charge in [-0.1, -0.05) is 49.1 Å². The van der Waals surface area contributed by atoms with Gasteiger partial charge >= 0.3 is 5.97 Å². The van der Waals surface area contributed by atoms with E-state index in [9.17, 15) is 14.4 Å². The molecule has 0 bridgehead atoms. The molecule has 2 aliphatic rings. The van der Waals surface area contributed by atoms with Crippen LogP contribution in [0.3, 0.4) is 0 Å². The predicted molar refractivity (Wildman–Crippen MR) is 123 cm³/mol. The van der Waals surface area contributed by atoms with Crippen molar-refractivity contribution in [2.75, 3.05) is 6.61 Å². The molecule has 1 atom stereocenters. The molecule has 1 N–H and O–H groups in total. The summed E-state index contributed by atoms with van der Waals surface area (Å²) in [6.07, 6.45) is 5.20. The average molecular weight is 473 g/mol. The standard InChI is InChI=1S/C24H29ClN4O4/c1-3-33-22(31)19-13-20-21(30)28(14-16-9-7-8-12-18(16)25)24(2,15-29(20)27-19)23(32)26-17-10-5-4-6-11-17/h7-9,12-13,17H,3-6,10-11,14-15H2,1-2H3,(H,26,32)/t24-/m1/s1. The molecule has 1 aromatic carbocycles. The predicted octanol–water partition coefficient (Wildman–Crippen LogP) is 3.58. The van der Waals surface area contributed by atoms with E-state index in [1.54, 1.807) is 24.8 Å². The van der Waals surface area contributed by atoms with Crippen molar-refractivity contribution in [3.05, 3.63) is 52.3 Å². The number of nitrogens with zero attached hydrogens (tertiary/aromatic N) is 3. The van der Waals surface area contributed by atoms with Crippen LogP contribution in [-0.2, 0) is 22.6 Å². The monoisotopic (exact) mass is 472 g/mol. The average Bonchev–Trinajstić information content (AvgIpc) is 3.23. The second-order valence-corrected chi connectivity index (χ2v) is 9.27. The summed E-state index contributed by atoms with van der Waals surface area (Å²) in [5.74, 6) is -1.21. The van der Waals surface area contributed by atoms with Crippen molar-refractivity contribution in [3.63, 3.8) is 0 Å². The van der Waals surface area contributed by atoms with Gasteiger partial charge in [0.1, 0.15) is 11.2 Å². The van der Waals surface area contributed by atoms with Gasteiger partial charge in [-0.2, -0.15) is 5.10 Å². The maximum Gasteiger partial charge on any atom is 0.358 e. The fraction of sp³-hybridized carbons (Fsp3) is 0.500. The van der Waals surface area contributed by atoms with Gasteiger partial charge in [0.15, 0.2) is 5.69 Å². The Kier molecular flexibility index (Phi) is 6.74. The van der Waals surface area contributed by atoms with Gasteiger partial charge in [-0.05, 0) is 38.3 Å². The van der Waals surface area contributed by atoms with E-state index in [1.807, 2.05) is 18.2 Å². The highest BCUT2D eigenvalue weighted by molar-refractivity contribution is 6.31. The fourth-order valence-corrected chi connectivity index (χ4v) is 4.77. The Labute approximate surface area is 198 Å². The number of hydrogen-bond donors (Lipinski definition) is 1. The summed E-state index contributed by atoms with van der Waals surface area (Å²) in [6.45, 7) is 3.93. The number of fused-ring (bicyclic) bond motifs is 1. The quantitative estimate of drug-likeness (QED) is 0.648. The van der Waals surface area contributed by atoms with E-state index in [2.05, 4.69) is 10.4 Å². The summed E-state index contributed by atoms with van der Waals surface area (Å²) >= 11 is 6.38. The maximum absolute atomic E-state index is 13.6. The zero-order valence-electron chi connectivity index (χ0n) is 19.0. The molecule has 1 fully saturated rings. The molecule has 2 amide bonds. The summed E-state index contributed by atoms with van der Waals surface area (Å²) in [5.41, 5.74) is -0.177. The number of carbonyl (C=O) groups is 3. The Morgan fingerprint density at radius 3 is 2.67 bits per heavy atom. The minimum absolute atomic E-state index is 0.0508. The van der Waals surface area contributed by atoms with E-state index in [0.29, 0.717) is 5.02 Å².